The molecule has 3 aromatic rings. The first-order chi connectivity index (χ1) is 12.1. The molecule has 0 aliphatic heterocycles. The number of hydrogen-bond donors (Lipinski definition) is 1. The van der Waals surface area contributed by atoms with Crippen molar-refractivity contribution in [2.75, 3.05) is 7.11 Å². The summed E-state index contributed by atoms with van der Waals surface area (Å²) in [5.74, 6) is -0.0551. The number of methoxy groups -OCH3 is 1. The maximum Gasteiger partial charge on any atom is 0.416 e. The van der Waals surface area contributed by atoms with Crippen LogP contribution in [-0.2, 0) is 16.3 Å². The molecule has 0 spiro atoms. The van der Waals surface area contributed by atoms with Gasteiger partial charge in [-0.2, -0.15) is 21.6 Å². The van der Waals surface area contributed by atoms with Gasteiger partial charge in [0.25, 0.3) is 10.1 Å². The van der Waals surface area contributed by atoms with Crippen molar-refractivity contribution in [3.63, 3.8) is 0 Å². The SMILES string of the molecule is COc1cc(C(F)(F)F)ccc1-c1nccc2cc(S(=O)(=O)O)cnc12. The van der Waals surface area contributed by atoms with Gasteiger partial charge in [-0.1, -0.05) is 0 Å². The van der Waals surface area contributed by atoms with Crippen molar-refractivity contribution >= 4 is 21.0 Å². The molecule has 0 saturated heterocycles. The van der Waals surface area contributed by atoms with Crippen LogP contribution in [0.1, 0.15) is 5.56 Å². The first kappa shape index (κ1) is 18.1. The highest BCUT2D eigenvalue weighted by Crippen LogP contribution is 2.38. The number of halogens is 3. The molecule has 1 N–H and O–H groups in total. The Kier molecular flexibility index (Phi) is 4.32. The zero-order valence-electron chi connectivity index (χ0n) is 13.1. The van der Waals surface area contributed by atoms with Crippen molar-refractivity contribution in [3.05, 3.63) is 48.3 Å². The van der Waals surface area contributed by atoms with E-state index < -0.39 is 26.8 Å². The Hall–Kier alpha value is -2.72. The number of pyridine rings is 2. The summed E-state index contributed by atoms with van der Waals surface area (Å²) in [5.41, 5.74) is -0.147. The Balaban J connectivity index is 2.23. The standard InChI is InChI=1S/C16H11F3N2O4S/c1-25-13-7-10(16(17,18)19)2-3-12(13)15-14-9(4-5-20-15)6-11(8-21-14)26(22,23)24/h2-8H,1H3,(H,22,23,24). The van der Waals surface area contributed by atoms with Crippen molar-refractivity contribution in [2.45, 2.75) is 11.1 Å². The van der Waals surface area contributed by atoms with Crippen molar-refractivity contribution in [1.82, 2.24) is 9.97 Å². The number of rotatable bonds is 3. The summed E-state index contributed by atoms with van der Waals surface area (Å²) < 4.78 is 75.3. The first-order valence-corrected chi connectivity index (χ1v) is 8.53. The molecule has 6 nitrogen and oxygen atoms in total. The van der Waals surface area contributed by atoms with E-state index in [4.69, 9.17) is 9.29 Å². The van der Waals surface area contributed by atoms with Crippen LogP contribution in [0.3, 0.4) is 0 Å². The molecule has 2 heterocycles. The van der Waals surface area contributed by atoms with Crippen molar-refractivity contribution in [1.29, 1.82) is 0 Å². The number of ether oxygens (including phenoxy) is 1. The normalized spacial score (nSPS) is 12.3. The molecule has 0 bridgehead atoms. The number of fused-ring (bicyclic) bond motifs is 1. The number of hydrogen-bond acceptors (Lipinski definition) is 5. The predicted octanol–water partition coefficient (Wildman–Crippen LogP) is 3.57. The molecule has 0 radical (unpaired) electrons. The summed E-state index contributed by atoms with van der Waals surface area (Å²) in [6, 6.07) is 5.62. The highest BCUT2D eigenvalue weighted by Gasteiger charge is 2.31. The molecule has 0 fully saturated rings. The first-order valence-electron chi connectivity index (χ1n) is 7.09. The highest BCUT2D eigenvalue weighted by molar-refractivity contribution is 7.85. The fraction of sp³-hybridized carbons (Fsp3) is 0.125. The lowest BCUT2D eigenvalue weighted by atomic mass is 10.0. The minimum Gasteiger partial charge on any atom is -0.496 e. The van der Waals surface area contributed by atoms with Gasteiger partial charge in [0, 0.05) is 23.3 Å². The van der Waals surface area contributed by atoms with E-state index in [2.05, 4.69) is 9.97 Å². The monoisotopic (exact) mass is 384 g/mol. The van der Waals surface area contributed by atoms with Gasteiger partial charge in [0.1, 0.15) is 16.3 Å². The predicted molar refractivity (Wildman–Crippen MR) is 86.3 cm³/mol. The minimum absolute atomic E-state index is 0.0551. The summed E-state index contributed by atoms with van der Waals surface area (Å²) in [6.07, 6.45) is -2.23. The van der Waals surface area contributed by atoms with Gasteiger partial charge in [-0.25, -0.2) is 0 Å². The van der Waals surface area contributed by atoms with Crippen LogP contribution >= 0.6 is 0 Å². The molecule has 3 rings (SSSR count). The Labute approximate surface area is 146 Å². The molecule has 0 aliphatic rings. The lowest BCUT2D eigenvalue weighted by Gasteiger charge is -2.13. The average Bonchev–Trinajstić information content (AvgIpc) is 2.58. The molecule has 1 aromatic carbocycles. The third-order valence-corrected chi connectivity index (χ3v) is 4.47. The third-order valence-electron chi connectivity index (χ3n) is 3.66. The molecule has 2 aromatic heterocycles. The number of aromatic nitrogens is 2. The second-order valence-corrected chi connectivity index (χ2v) is 6.71. The largest absolute Gasteiger partial charge is 0.496 e. The van der Waals surface area contributed by atoms with Crippen LogP contribution in [0.15, 0.2) is 47.6 Å². The summed E-state index contributed by atoms with van der Waals surface area (Å²) in [5, 5.41) is 0.340. The second-order valence-electron chi connectivity index (χ2n) is 5.29. The van der Waals surface area contributed by atoms with Gasteiger partial charge in [-0.3, -0.25) is 14.5 Å². The zero-order valence-corrected chi connectivity index (χ0v) is 14.0. The topological polar surface area (TPSA) is 89.4 Å². The van der Waals surface area contributed by atoms with Gasteiger partial charge in [0.15, 0.2) is 0 Å². The lowest BCUT2D eigenvalue weighted by molar-refractivity contribution is -0.137. The van der Waals surface area contributed by atoms with E-state index in [0.29, 0.717) is 5.39 Å². The molecule has 0 atom stereocenters. The van der Waals surface area contributed by atoms with Crippen LogP contribution in [0.2, 0.25) is 0 Å². The van der Waals surface area contributed by atoms with Crippen molar-refractivity contribution in [3.8, 4) is 17.0 Å². The van der Waals surface area contributed by atoms with Gasteiger partial charge in [-0.05, 0) is 30.3 Å². The quantitative estimate of drug-likeness (QED) is 0.695. The third kappa shape index (κ3) is 3.33. The maximum atomic E-state index is 12.9. The van der Waals surface area contributed by atoms with Gasteiger partial charge >= 0.3 is 6.18 Å². The van der Waals surface area contributed by atoms with Gasteiger partial charge in [0.05, 0.1) is 18.2 Å². The fourth-order valence-corrected chi connectivity index (χ4v) is 2.90. The number of alkyl halides is 3. The molecule has 136 valence electrons. The molecule has 0 saturated carbocycles. The minimum atomic E-state index is -4.53. The van der Waals surface area contributed by atoms with Crippen LogP contribution in [0.4, 0.5) is 13.2 Å². The summed E-state index contributed by atoms with van der Waals surface area (Å²) in [7, 11) is -3.21. The lowest BCUT2D eigenvalue weighted by Crippen LogP contribution is -2.05. The van der Waals surface area contributed by atoms with Crippen molar-refractivity contribution < 1.29 is 30.9 Å². The molecule has 0 amide bonds. The Bertz CT molecular complexity index is 1100. The molecular weight excluding hydrogens is 373 g/mol. The fourth-order valence-electron chi connectivity index (χ4n) is 2.44. The maximum absolute atomic E-state index is 12.9. The zero-order chi connectivity index (χ0) is 19.1. The average molecular weight is 384 g/mol. The van der Waals surface area contributed by atoms with Gasteiger partial charge < -0.3 is 4.74 Å². The second kappa shape index (κ2) is 6.22. The number of benzene rings is 1. The molecular formula is C16H11F3N2O4S. The summed E-state index contributed by atoms with van der Waals surface area (Å²) in [4.78, 5) is 7.72. The van der Waals surface area contributed by atoms with Crippen LogP contribution in [0.25, 0.3) is 22.2 Å². The van der Waals surface area contributed by atoms with Crippen LogP contribution in [0.5, 0.6) is 5.75 Å². The van der Waals surface area contributed by atoms with Crippen molar-refractivity contribution in [2.24, 2.45) is 0 Å². The van der Waals surface area contributed by atoms with E-state index in [1.54, 1.807) is 0 Å². The van der Waals surface area contributed by atoms with Crippen LogP contribution in [0, 0.1) is 0 Å². The Morgan fingerprint density at radius 1 is 1.12 bits per heavy atom. The van der Waals surface area contributed by atoms with E-state index in [-0.39, 0.29) is 22.5 Å². The highest BCUT2D eigenvalue weighted by atomic mass is 32.2. The smallest absolute Gasteiger partial charge is 0.416 e. The molecule has 10 heteroatoms. The molecule has 26 heavy (non-hydrogen) atoms. The Morgan fingerprint density at radius 3 is 2.46 bits per heavy atom. The number of nitrogens with zero attached hydrogens (tertiary/aromatic N) is 2. The molecule has 0 aliphatic carbocycles. The van der Waals surface area contributed by atoms with Gasteiger partial charge in [0.2, 0.25) is 0 Å². The van der Waals surface area contributed by atoms with E-state index in [1.165, 1.54) is 31.5 Å². The Morgan fingerprint density at radius 2 is 1.85 bits per heavy atom. The summed E-state index contributed by atoms with van der Waals surface area (Å²) in [6.45, 7) is 0. The van der Waals surface area contributed by atoms with Crippen LogP contribution in [-0.4, -0.2) is 30.0 Å². The van der Waals surface area contributed by atoms with E-state index in [1.807, 2.05) is 0 Å². The van der Waals surface area contributed by atoms with Crippen LogP contribution < -0.4 is 4.74 Å². The molecule has 0 unspecified atom stereocenters. The van der Waals surface area contributed by atoms with E-state index >= 15 is 0 Å². The summed E-state index contributed by atoms with van der Waals surface area (Å²) >= 11 is 0. The van der Waals surface area contributed by atoms with Gasteiger partial charge in [-0.15, -0.1) is 0 Å². The van der Waals surface area contributed by atoms with E-state index in [0.717, 1.165) is 18.3 Å². The van der Waals surface area contributed by atoms with E-state index in [9.17, 15) is 21.6 Å².